The van der Waals surface area contributed by atoms with E-state index in [2.05, 4.69) is 140 Å². The van der Waals surface area contributed by atoms with Gasteiger partial charge in [0.05, 0.1) is 44.8 Å². The van der Waals surface area contributed by atoms with Crippen molar-refractivity contribution in [2.45, 2.75) is 0 Å². The second kappa shape index (κ2) is 12.4. The molecule has 0 N–H and O–H groups in total. The van der Waals surface area contributed by atoms with Crippen LogP contribution in [0.15, 0.2) is 182 Å². The van der Waals surface area contributed by atoms with Crippen molar-refractivity contribution in [1.29, 1.82) is 0 Å². The smallest absolute Gasteiger partial charge is 0.0978 e. The highest BCUT2D eigenvalue weighted by atomic mass is 14.8. The van der Waals surface area contributed by atoms with Crippen LogP contribution in [0.1, 0.15) is 0 Å². The van der Waals surface area contributed by atoms with Crippen molar-refractivity contribution in [3.63, 3.8) is 0 Å². The number of para-hydroxylation sites is 1. The largest absolute Gasteiger partial charge is 0.245 e. The normalized spacial score (nSPS) is 11.5. The number of pyridine rings is 2. The average molecular weight is 663 g/mol. The number of hydrogen-bond acceptors (Lipinski definition) is 4. The lowest BCUT2D eigenvalue weighted by atomic mass is 9.95. The molecule has 4 nitrogen and oxygen atoms in total. The quantitative estimate of drug-likeness (QED) is 0.172. The van der Waals surface area contributed by atoms with Gasteiger partial charge in [0.25, 0.3) is 0 Å². The molecule has 0 atom stereocenters. The maximum Gasteiger partial charge on any atom is 0.0978 e. The third kappa shape index (κ3) is 5.17. The summed E-state index contributed by atoms with van der Waals surface area (Å²) in [5, 5.41) is 4.39. The molecule has 0 aliphatic carbocycles. The fourth-order valence-corrected chi connectivity index (χ4v) is 7.26. The van der Waals surface area contributed by atoms with Gasteiger partial charge >= 0.3 is 0 Å². The summed E-state index contributed by atoms with van der Waals surface area (Å²) in [6.07, 6.45) is 0. The maximum absolute atomic E-state index is 5.49. The van der Waals surface area contributed by atoms with Gasteiger partial charge < -0.3 is 0 Å². The Hall–Kier alpha value is -7.04. The minimum atomic E-state index is 0.833. The molecule has 0 saturated carbocycles. The van der Waals surface area contributed by atoms with Crippen molar-refractivity contribution in [1.82, 2.24) is 19.9 Å². The molecule has 0 bridgehead atoms. The van der Waals surface area contributed by atoms with Gasteiger partial charge in [-0.25, -0.2) is 19.9 Å². The van der Waals surface area contributed by atoms with Crippen LogP contribution in [-0.2, 0) is 0 Å². The standard InChI is InChI=1S/C48H30N4/c1-4-14-32(15-5-1)41-27-25-37-30-40(39-26-28-42(33-16-6-2-7-17-33)50-48(39)46(37)49-41)38-21-12-22-43-47(38)52-44(34-18-8-3-9-19-34)45(51-43)36-24-23-31-13-10-11-20-35(31)29-36/h1-30H. The minimum Gasteiger partial charge on any atom is -0.245 e. The molecule has 0 amide bonds. The van der Waals surface area contributed by atoms with Crippen LogP contribution in [0.5, 0.6) is 0 Å². The van der Waals surface area contributed by atoms with Crippen molar-refractivity contribution in [3.8, 4) is 56.2 Å². The molecule has 3 aromatic heterocycles. The lowest BCUT2D eigenvalue weighted by Gasteiger charge is -2.16. The van der Waals surface area contributed by atoms with Crippen LogP contribution in [0.4, 0.5) is 0 Å². The molecule has 0 saturated heterocycles. The first-order valence-electron chi connectivity index (χ1n) is 17.5. The van der Waals surface area contributed by atoms with E-state index in [1.54, 1.807) is 0 Å². The van der Waals surface area contributed by atoms with Crippen LogP contribution in [0.25, 0.3) is 99.8 Å². The van der Waals surface area contributed by atoms with Crippen LogP contribution in [0.3, 0.4) is 0 Å². The van der Waals surface area contributed by atoms with E-state index in [1.807, 2.05) is 42.5 Å². The van der Waals surface area contributed by atoms with Gasteiger partial charge in [0.15, 0.2) is 0 Å². The molecule has 0 spiro atoms. The summed E-state index contributed by atoms with van der Waals surface area (Å²) >= 11 is 0. The molecular formula is C48H30N4. The number of nitrogens with zero attached hydrogens (tertiary/aromatic N) is 4. The number of aromatic nitrogens is 4. The highest BCUT2D eigenvalue weighted by molar-refractivity contribution is 6.13. The fraction of sp³-hybridized carbons (Fsp3) is 0. The summed E-state index contributed by atoms with van der Waals surface area (Å²) in [5.74, 6) is 0. The minimum absolute atomic E-state index is 0.833. The van der Waals surface area contributed by atoms with E-state index >= 15 is 0 Å². The second-order valence-electron chi connectivity index (χ2n) is 13.0. The third-order valence-electron chi connectivity index (χ3n) is 9.83. The number of benzene rings is 7. The van der Waals surface area contributed by atoms with E-state index in [-0.39, 0.29) is 0 Å². The molecule has 0 radical (unpaired) electrons. The van der Waals surface area contributed by atoms with Crippen molar-refractivity contribution >= 4 is 43.6 Å². The van der Waals surface area contributed by atoms with Crippen LogP contribution in [0.2, 0.25) is 0 Å². The van der Waals surface area contributed by atoms with Gasteiger partial charge in [0, 0.05) is 38.6 Å². The molecule has 0 aliphatic heterocycles. The topological polar surface area (TPSA) is 51.6 Å². The molecule has 0 aliphatic rings. The van der Waals surface area contributed by atoms with E-state index in [9.17, 15) is 0 Å². The first-order chi connectivity index (χ1) is 25.8. The van der Waals surface area contributed by atoms with Crippen molar-refractivity contribution in [2.75, 3.05) is 0 Å². The van der Waals surface area contributed by atoms with Gasteiger partial charge in [-0.2, -0.15) is 0 Å². The number of fused-ring (bicyclic) bond motifs is 5. The molecule has 3 heterocycles. The summed E-state index contributed by atoms with van der Waals surface area (Å²) in [5.41, 5.74) is 13.1. The van der Waals surface area contributed by atoms with Gasteiger partial charge in [0.2, 0.25) is 0 Å². The molecule has 0 fully saturated rings. The Morgan fingerprint density at radius 1 is 0.288 bits per heavy atom. The molecule has 10 rings (SSSR count). The zero-order chi connectivity index (χ0) is 34.4. The Morgan fingerprint density at radius 3 is 1.62 bits per heavy atom. The number of rotatable bonds is 5. The van der Waals surface area contributed by atoms with Gasteiger partial charge in [-0.3, -0.25) is 0 Å². The first kappa shape index (κ1) is 29.8. The number of hydrogen-bond donors (Lipinski definition) is 0. The highest BCUT2D eigenvalue weighted by Crippen LogP contribution is 2.40. The van der Waals surface area contributed by atoms with Gasteiger partial charge in [-0.1, -0.05) is 146 Å². The zero-order valence-electron chi connectivity index (χ0n) is 28.1. The Morgan fingerprint density at radius 2 is 0.885 bits per heavy atom. The molecule has 0 unspecified atom stereocenters. The van der Waals surface area contributed by atoms with Gasteiger partial charge in [-0.15, -0.1) is 0 Å². The zero-order valence-corrected chi connectivity index (χ0v) is 28.1. The first-order valence-corrected chi connectivity index (χ1v) is 17.5. The molecule has 7 aromatic carbocycles. The summed E-state index contributed by atoms with van der Waals surface area (Å²) in [7, 11) is 0. The highest BCUT2D eigenvalue weighted by Gasteiger charge is 2.19. The monoisotopic (exact) mass is 662 g/mol. The van der Waals surface area contributed by atoms with Crippen LogP contribution >= 0.6 is 0 Å². The average Bonchev–Trinajstić information content (AvgIpc) is 3.23. The van der Waals surface area contributed by atoms with Crippen molar-refractivity contribution in [2.24, 2.45) is 0 Å². The summed E-state index contributed by atoms with van der Waals surface area (Å²) in [6, 6.07) is 63.1. The molecule has 10 aromatic rings. The Kier molecular flexibility index (Phi) is 7.10. The third-order valence-corrected chi connectivity index (χ3v) is 9.83. The molecular weight excluding hydrogens is 633 g/mol. The molecule has 52 heavy (non-hydrogen) atoms. The van der Waals surface area contributed by atoms with Gasteiger partial charge in [0.1, 0.15) is 0 Å². The SMILES string of the molecule is c1ccc(-c2ccc3cc(-c4cccc5nc(-c6ccc7ccccc7c6)c(-c6ccccc6)nc45)c4ccc(-c5ccccc5)nc4c3n2)cc1. The Balaban J connectivity index is 1.24. The lowest BCUT2D eigenvalue weighted by molar-refractivity contribution is 1.29. The van der Waals surface area contributed by atoms with Crippen LogP contribution in [-0.4, -0.2) is 19.9 Å². The predicted octanol–water partition coefficient (Wildman–Crippen LogP) is 12.2. The fourth-order valence-electron chi connectivity index (χ4n) is 7.26. The summed E-state index contributed by atoms with van der Waals surface area (Å²) in [6.45, 7) is 0. The Bertz CT molecular complexity index is 2940. The van der Waals surface area contributed by atoms with E-state index in [0.717, 1.165) is 89.0 Å². The van der Waals surface area contributed by atoms with E-state index in [0.29, 0.717) is 0 Å². The van der Waals surface area contributed by atoms with Crippen LogP contribution in [0, 0.1) is 0 Å². The van der Waals surface area contributed by atoms with E-state index in [1.165, 1.54) is 10.8 Å². The van der Waals surface area contributed by atoms with Crippen molar-refractivity contribution < 1.29 is 0 Å². The Labute approximate surface area is 300 Å². The molecule has 4 heteroatoms. The van der Waals surface area contributed by atoms with Gasteiger partial charge in [-0.05, 0) is 52.7 Å². The van der Waals surface area contributed by atoms with Crippen molar-refractivity contribution in [3.05, 3.63) is 182 Å². The van der Waals surface area contributed by atoms with E-state index < -0.39 is 0 Å². The summed E-state index contributed by atoms with van der Waals surface area (Å²) in [4.78, 5) is 21.4. The molecule has 242 valence electrons. The lowest BCUT2D eigenvalue weighted by Crippen LogP contribution is -1.98. The second-order valence-corrected chi connectivity index (χ2v) is 13.0. The predicted molar refractivity (Wildman–Crippen MR) is 215 cm³/mol. The van der Waals surface area contributed by atoms with Crippen LogP contribution < -0.4 is 0 Å². The maximum atomic E-state index is 5.49. The summed E-state index contributed by atoms with van der Waals surface area (Å²) < 4.78 is 0. The van der Waals surface area contributed by atoms with E-state index in [4.69, 9.17) is 19.9 Å².